The van der Waals surface area contributed by atoms with E-state index >= 15 is 0 Å². The molecule has 0 spiro atoms. The van der Waals surface area contributed by atoms with Crippen LogP contribution in [-0.2, 0) is 122 Å². The van der Waals surface area contributed by atoms with E-state index in [2.05, 4.69) is 48.6 Å². The smallest absolute Gasteiger partial charge is 0.397 e. The Hall–Kier alpha value is -7.86. The van der Waals surface area contributed by atoms with Crippen LogP contribution in [0.4, 0.5) is 0 Å². The number of nitrogens with one attached hydrogen (secondary N) is 8. The number of carbonyl (C=O) groups excluding carboxylic acids is 10. The van der Waals surface area contributed by atoms with Crippen molar-refractivity contribution in [2.75, 3.05) is 39.5 Å². The Balaban J connectivity index is 1.56. The number of likely N-dealkylation sites (tertiary alicyclic amines) is 2. The van der Waals surface area contributed by atoms with Gasteiger partial charge in [-0.3, -0.25) is 71.0 Å². The highest BCUT2D eigenvalue weighted by Gasteiger charge is 2.45. The van der Waals surface area contributed by atoms with Crippen molar-refractivity contribution in [1.82, 2.24) is 52.3 Å². The van der Waals surface area contributed by atoms with Crippen LogP contribution < -0.4 is 42.5 Å². The van der Waals surface area contributed by atoms with Gasteiger partial charge in [0.1, 0.15) is 60.1 Å². The van der Waals surface area contributed by atoms with Crippen LogP contribution in [-0.4, -0.2) is 248 Å². The third-order valence-electron chi connectivity index (χ3n) is 15.5. The molecule has 0 radical (unpaired) electrons. The van der Waals surface area contributed by atoms with E-state index in [-0.39, 0.29) is 70.2 Å². The molecule has 2 saturated heterocycles. The summed E-state index contributed by atoms with van der Waals surface area (Å²) < 4.78 is 148. The number of hydrogen-bond donors (Lipinski definition) is 15. The van der Waals surface area contributed by atoms with E-state index in [1.54, 1.807) is 6.92 Å². The molecule has 1 saturated carbocycles. The zero-order valence-electron chi connectivity index (χ0n) is 52.1. The molecule has 10 amide bonds. The first-order chi connectivity index (χ1) is 45.1. The first-order valence-electron chi connectivity index (χ1n) is 29.8. The second-order valence-electron chi connectivity index (χ2n) is 22.7. The zero-order chi connectivity index (χ0) is 72.9. The minimum Gasteiger partial charge on any atom is -0.508 e. The highest BCUT2D eigenvalue weighted by atomic mass is 32.3. The molecule has 1 aromatic rings. The van der Waals surface area contributed by atoms with Crippen LogP contribution in [0.1, 0.15) is 103 Å². The summed E-state index contributed by atoms with van der Waals surface area (Å²) >= 11 is 0. The molecular weight excluding hydrogens is 1390 g/mol. The average molecular weight is 1470 g/mol. The monoisotopic (exact) mass is 1470 g/mol. The lowest BCUT2D eigenvalue weighted by atomic mass is 9.83. The highest BCUT2D eigenvalue weighted by molar-refractivity contribution is 7.81. The molecule has 0 unspecified atom stereocenters. The molecule has 1 aromatic carbocycles. The maximum absolute atomic E-state index is 14.7. The molecule has 45 heteroatoms. The largest absolute Gasteiger partial charge is 0.508 e. The summed E-state index contributed by atoms with van der Waals surface area (Å²) in [5.41, 5.74) is 0.320. The Morgan fingerprint density at radius 1 is 0.495 bits per heavy atom. The molecule has 546 valence electrons. The Morgan fingerprint density at radius 2 is 0.938 bits per heavy atom. The fourth-order valence-corrected chi connectivity index (χ4v) is 11.6. The van der Waals surface area contributed by atoms with Crippen LogP contribution >= 0.6 is 0 Å². The number of hydrogen-bond acceptors (Lipinski definition) is 25. The van der Waals surface area contributed by atoms with Crippen molar-refractivity contribution in [2.45, 2.75) is 165 Å². The summed E-state index contributed by atoms with van der Waals surface area (Å²) in [7, 11) is -21.5. The number of rotatable bonds is 38. The molecule has 0 aromatic heterocycles. The number of phenolic OH excluding ortho intramolecular Hbond substituents is 1. The van der Waals surface area contributed by atoms with E-state index in [9.17, 15) is 115 Å². The van der Waals surface area contributed by atoms with Crippen LogP contribution in [0.15, 0.2) is 24.3 Å². The van der Waals surface area contributed by atoms with Gasteiger partial charge in [0.2, 0.25) is 59.1 Å². The van der Waals surface area contributed by atoms with Crippen molar-refractivity contribution in [3.63, 3.8) is 0 Å². The normalized spacial score (nSPS) is 19.0. The lowest BCUT2D eigenvalue weighted by Crippen LogP contribution is -2.62. The highest BCUT2D eigenvalue weighted by Crippen LogP contribution is 2.28. The summed E-state index contributed by atoms with van der Waals surface area (Å²) in [5.74, 6) is -16.9. The summed E-state index contributed by atoms with van der Waals surface area (Å²) in [4.78, 5) is 164. The van der Waals surface area contributed by atoms with Crippen molar-refractivity contribution in [1.29, 1.82) is 0 Å². The number of nitrogens with zero attached hydrogens (tertiary/aromatic N) is 2. The van der Waals surface area contributed by atoms with Gasteiger partial charge in [-0.05, 0) is 75.0 Å². The van der Waals surface area contributed by atoms with Gasteiger partial charge in [0.25, 0.3) is 0 Å². The lowest BCUT2D eigenvalue weighted by molar-refractivity contribution is -0.146. The Morgan fingerprint density at radius 3 is 1.43 bits per heavy atom. The number of carboxylic acid groups (broad SMARTS) is 2. The topological polar surface area (TPSA) is 623 Å². The molecular formula is C52H78N10O31S4. The minimum atomic E-state index is -5.48. The Bertz CT molecular complexity index is 3510. The molecule has 2 heterocycles. The van der Waals surface area contributed by atoms with E-state index in [0.717, 1.165) is 16.7 Å². The van der Waals surface area contributed by atoms with Crippen molar-refractivity contribution in [2.24, 2.45) is 11.8 Å². The summed E-state index contributed by atoms with van der Waals surface area (Å²) in [6.45, 7) is -1.94. The second kappa shape index (κ2) is 36.6. The SMILES string of the molecule is CC[C@H](C)[C@H](NC(=O)[C@@H]1CCCN1C(=O)[C@H](COS(=O)(=O)O)NC(=O)[C@H](Cc1ccc(O)cc1)NC(=O)CCC(=O)O)C(=O)N1CCC[C@H]1C(=O)N[C@@H](COS(=O)(=O)O)C(=O)N[C@@H](COS(=O)(=O)O)C(=O)N[C@@H](C)C(=O)N[C@H](C(=O)N[C@@H](COS(=O)(=O)O)C(=O)O)C1CCCCC1. The van der Waals surface area contributed by atoms with Gasteiger partial charge in [0.05, 0.1) is 32.8 Å². The van der Waals surface area contributed by atoms with Gasteiger partial charge in [-0.1, -0.05) is 51.7 Å². The molecule has 97 heavy (non-hydrogen) atoms. The molecule has 0 bridgehead atoms. The Labute approximate surface area is 555 Å². The summed E-state index contributed by atoms with van der Waals surface area (Å²) in [5, 5.41) is 46.1. The number of amides is 10. The molecule has 3 fully saturated rings. The first-order valence-corrected chi connectivity index (χ1v) is 35.3. The summed E-state index contributed by atoms with van der Waals surface area (Å²) in [6, 6.07) is -13.2. The van der Waals surface area contributed by atoms with Crippen molar-refractivity contribution in [3.8, 4) is 5.75 Å². The third-order valence-corrected chi connectivity index (χ3v) is 17.3. The van der Waals surface area contributed by atoms with Gasteiger partial charge >= 0.3 is 53.5 Å². The van der Waals surface area contributed by atoms with Crippen molar-refractivity contribution < 1.29 is 141 Å². The van der Waals surface area contributed by atoms with E-state index in [1.807, 2.05) is 10.6 Å². The van der Waals surface area contributed by atoms with E-state index in [1.165, 1.54) is 31.2 Å². The molecule has 4 rings (SSSR count). The van der Waals surface area contributed by atoms with Gasteiger partial charge in [0, 0.05) is 25.9 Å². The number of aromatic hydroxyl groups is 1. The maximum atomic E-state index is 14.7. The predicted octanol–water partition coefficient (Wildman–Crippen LogP) is -5.33. The van der Waals surface area contributed by atoms with Gasteiger partial charge in [-0.25, -0.2) is 21.5 Å². The van der Waals surface area contributed by atoms with Gasteiger partial charge in [-0.15, -0.1) is 0 Å². The minimum absolute atomic E-state index is 0.0523. The second-order valence-corrected chi connectivity index (χ2v) is 27.0. The predicted molar refractivity (Wildman–Crippen MR) is 323 cm³/mol. The molecule has 15 N–H and O–H groups in total. The van der Waals surface area contributed by atoms with Crippen LogP contribution in [0.3, 0.4) is 0 Å². The average Bonchev–Trinajstić information content (AvgIpc) is 1.79. The number of carboxylic acids is 2. The number of benzene rings is 1. The first kappa shape index (κ1) is 81.6. The molecule has 1 aliphatic carbocycles. The van der Waals surface area contributed by atoms with Crippen molar-refractivity contribution >= 4 is 113 Å². The van der Waals surface area contributed by atoms with Crippen LogP contribution in [0.5, 0.6) is 5.75 Å². The number of phenols is 1. The lowest BCUT2D eigenvalue weighted by Gasteiger charge is -2.34. The van der Waals surface area contributed by atoms with Gasteiger partial charge in [-0.2, -0.15) is 33.7 Å². The fourth-order valence-electron chi connectivity index (χ4n) is 10.4. The molecule has 11 atom stereocenters. The number of aliphatic carboxylic acids is 2. The quantitative estimate of drug-likeness (QED) is 0.0275. The van der Waals surface area contributed by atoms with Crippen molar-refractivity contribution in [3.05, 3.63) is 29.8 Å². The molecule has 2 aliphatic heterocycles. The summed E-state index contributed by atoms with van der Waals surface area (Å²) in [6.07, 6.45) is 0.685. The third kappa shape index (κ3) is 27.9. The van der Waals surface area contributed by atoms with Crippen LogP contribution in [0.25, 0.3) is 0 Å². The fraction of sp³-hybridized carbons (Fsp3) is 0.654. The van der Waals surface area contributed by atoms with Gasteiger partial charge in [0.15, 0.2) is 6.04 Å². The molecule has 3 aliphatic rings. The van der Waals surface area contributed by atoms with E-state index < -0.39 is 224 Å². The van der Waals surface area contributed by atoms with Crippen LogP contribution in [0, 0.1) is 11.8 Å². The van der Waals surface area contributed by atoms with E-state index in [4.69, 9.17) is 9.66 Å². The van der Waals surface area contributed by atoms with Gasteiger partial charge < -0.3 is 67.7 Å². The standard InChI is InChI=1S/C52H78N10O31S4/c1-4-27(2)41(59-48(72)38-13-8-20-61(38)50(74)35(25-92-96(84,85)86)57-44(68)32(54-39(64)18-19-40(65)66)22-29-14-16-31(63)17-15-29)51(75)62-21-9-12-37(62)47(71)56-34(24-91-95(81,82)83)46(70)55-33(23-90-94(78,79)80)45(69)53-28(3)43(67)60-42(30-10-6-5-7-11-30)49(73)58-36(52(76)77)26-93-97(87,88)89/h14-17,27-28,30,32-38,41-42,63H,4-13,18-26H2,1-3H3,(H,53,69)(H,54,64)(H,55,70)(H,56,71)(H,57,68)(H,58,73)(H,59,72)(H,60,67)(H,65,66)(H,76,77)(H,78,79,80)(H,81,82,83)(H,84,85,86)(H,87,88,89)/t27-,28-,32-,33-,34-,35-,36-,37-,38-,41-,42-/m0/s1. The maximum Gasteiger partial charge on any atom is 0.397 e. The number of carbonyl (C=O) groups is 12. The molecule has 41 nitrogen and oxygen atoms in total. The zero-order valence-corrected chi connectivity index (χ0v) is 55.4. The van der Waals surface area contributed by atoms with E-state index in [0.29, 0.717) is 24.8 Å². The Kier molecular flexibility index (Phi) is 30.8. The van der Waals surface area contributed by atoms with Crippen LogP contribution in [0.2, 0.25) is 0 Å².